The van der Waals surface area contributed by atoms with Crippen LogP contribution in [0.1, 0.15) is 0 Å². The number of halogens is 1. The van der Waals surface area contributed by atoms with Crippen molar-refractivity contribution in [3.8, 4) is 0 Å². The molecule has 2 aromatic rings. The molecule has 1 aliphatic rings. The number of hydrogen-bond donors (Lipinski definition) is 1. The summed E-state index contributed by atoms with van der Waals surface area (Å²) in [5.74, 6) is -0.0955. The fourth-order valence-corrected chi connectivity index (χ4v) is 3.09. The van der Waals surface area contributed by atoms with Crippen LogP contribution < -0.4 is 10.2 Å². The molecule has 0 atom stereocenters. The second-order valence-electron chi connectivity index (χ2n) is 6.06. The van der Waals surface area contributed by atoms with Crippen molar-refractivity contribution in [3.05, 3.63) is 63.7 Å². The van der Waals surface area contributed by atoms with Crippen LogP contribution >= 0.6 is 11.6 Å². The molecule has 136 valence electrons. The number of piperazine rings is 1. The van der Waals surface area contributed by atoms with Crippen molar-refractivity contribution in [3.63, 3.8) is 0 Å². The molecule has 3 rings (SSSR count). The van der Waals surface area contributed by atoms with Crippen molar-refractivity contribution in [1.82, 2.24) is 4.90 Å². The predicted octanol–water partition coefficient (Wildman–Crippen LogP) is 3.01. The summed E-state index contributed by atoms with van der Waals surface area (Å²) in [7, 11) is 0. The van der Waals surface area contributed by atoms with E-state index in [1.807, 2.05) is 12.1 Å². The van der Waals surface area contributed by atoms with Gasteiger partial charge in [-0.3, -0.25) is 19.8 Å². The Morgan fingerprint density at radius 2 is 1.73 bits per heavy atom. The Bertz CT molecular complexity index is 789. The number of nitrogens with one attached hydrogen (secondary N) is 1. The fraction of sp³-hybridized carbons (Fsp3) is 0.278. The highest BCUT2D eigenvalue weighted by Crippen LogP contribution is 2.22. The third kappa shape index (κ3) is 4.50. The predicted molar refractivity (Wildman–Crippen MR) is 102 cm³/mol. The van der Waals surface area contributed by atoms with Gasteiger partial charge in [-0.25, -0.2) is 0 Å². The number of nitro groups is 1. The Labute approximate surface area is 156 Å². The summed E-state index contributed by atoms with van der Waals surface area (Å²) in [6, 6.07) is 13.7. The van der Waals surface area contributed by atoms with Crippen LogP contribution in [0.2, 0.25) is 5.02 Å². The second-order valence-corrected chi connectivity index (χ2v) is 6.47. The molecule has 0 aromatic heterocycles. The number of carbonyl (C=O) groups is 1. The summed E-state index contributed by atoms with van der Waals surface area (Å²) in [5, 5.41) is 14.1. The average Bonchev–Trinajstić information content (AvgIpc) is 2.64. The minimum absolute atomic E-state index is 0.0867. The van der Waals surface area contributed by atoms with Crippen LogP contribution in [0.5, 0.6) is 0 Å². The molecule has 1 amide bonds. The van der Waals surface area contributed by atoms with Crippen molar-refractivity contribution in [2.75, 3.05) is 42.9 Å². The number of carbonyl (C=O) groups excluding carboxylic acids is 1. The normalized spacial score (nSPS) is 14.9. The van der Waals surface area contributed by atoms with Crippen LogP contribution in [-0.2, 0) is 4.79 Å². The van der Waals surface area contributed by atoms with Gasteiger partial charge in [0.1, 0.15) is 0 Å². The zero-order chi connectivity index (χ0) is 18.5. The molecule has 1 heterocycles. The van der Waals surface area contributed by atoms with Gasteiger partial charge >= 0.3 is 0 Å². The number of rotatable bonds is 5. The van der Waals surface area contributed by atoms with Gasteiger partial charge in [-0.15, -0.1) is 0 Å². The van der Waals surface area contributed by atoms with Gasteiger partial charge in [-0.1, -0.05) is 23.7 Å². The molecule has 8 heteroatoms. The number of benzene rings is 2. The summed E-state index contributed by atoms with van der Waals surface area (Å²) in [6.07, 6.45) is 0. The first kappa shape index (κ1) is 18.2. The minimum atomic E-state index is -0.403. The molecule has 1 saturated heterocycles. The smallest absolute Gasteiger partial charge is 0.269 e. The van der Waals surface area contributed by atoms with E-state index in [0.717, 1.165) is 31.9 Å². The molecular formula is C18H19ClN4O3. The third-order valence-electron chi connectivity index (χ3n) is 4.31. The largest absolute Gasteiger partial charge is 0.369 e. The van der Waals surface area contributed by atoms with E-state index in [1.54, 1.807) is 24.3 Å². The van der Waals surface area contributed by atoms with E-state index in [1.165, 1.54) is 12.1 Å². The van der Waals surface area contributed by atoms with Gasteiger partial charge in [0, 0.05) is 44.0 Å². The first-order valence-corrected chi connectivity index (χ1v) is 8.67. The summed E-state index contributed by atoms with van der Waals surface area (Å²) in [5.41, 5.74) is 1.66. The number of non-ortho nitro benzene ring substituents is 1. The lowest BCUT2D eigenvalue weighted by molar-refractivity contribution is -0.384. The highest BCUT2D eigenvalue weighted by Gasteiger charge is 2.20. The topological polar surface area (TPSA) is 78.7 Å². The maximum atomic E-state index is 12.2. The van der Waals surface area contributed by atoms with E-state index in [2.05, 4.69) is 15.1 Å². The first-order chi connectivity index (χ1) is 12.5. The van der Waals surface area contributed by atoms with Crippen LogP contribution in [0.3, 0.4) is 0 Å². The van der Waals surface area contributed by atoms with Crippen LogP contribution in [-0.4, -0.2) is 48.5 Å². The molecule has 0 unspecified atom stereocenters. The summed E-state index contributed by atoms with van der Waals surface area (Å²) >= 11 is 6.05. The van der Waals surface area contributed by atoms with Gasteiger partial charge in [0.2, 0.25) is 5.91 Å². The van der Waals surface area contributed by atoms with E-state index in [0.29, 0.717) is 17.3 Å². The van der Waals surface area contributed by atoms with Crippen LogP contribution in [0, 0.1) is 10.1 Å². The molecule has 26 heavy (non-hydrogen) atoms. The van der Waals surface area contributed by atoms with Crippen LogP contribution in [0.25, 0.3) is 0 Å². The summed E-state index contributed by atoms with van der Waals surface area (Å²) < 4.78 is 0. The number of nitrogens with zero attached hydrogens (tertiary/aromatic N) is 3. The fourth-order valence-electron chi connectivity index (χ4n) is 2.90. The Morgan fingerprint density at radius 1 is 1.08 bits per heavy atom. The molecule has 1 aliphatic heterocycles. The van der Waals surface area contributed by atoms with E-state index in [4.69, 9.17) is 11.6 Å². The SMILES string of the molecule is O=C(CN1CCN(c2ccc([N+](=O)[O-])cc2)CC1)Nc1ccccc1Cl. The summed E-state index contributed by atoms with van der Waals surface area (Å²) in [6.45, 7) is 3.31. The average molecular weight is 375 g/mol. The lowest BCUT2D eigenvalue weighted by Crippen LogP contribution is -2.48. The van der Waals surface area contributed by atoms with Crippen molar-refractivity contribution in [2.24, 2.45) is 0 Å². The zero-order valence-electron chi connectivity index (χ0n) is 14.1. The maximum Gasteiger partial charge on any atom is 0.269 e. The molecule has 1 fully saturated rings. The molecule has 0 aliphatic carbocycles. The lowest BCUT2D eigenvalue weighted by atomic mass is 10.2. The molecule has 1 N–H and O–H groups in total. The minimum Gasteiger partial charge on any atom is -0.369 e. The molecule has 0 radical (unpaired) electrons. The molecule has 2 aromatic carbocycles. The number of hydrogen-bond acceptors (Lipinski definition) is 5. The Morgan fingerprint density at radius 3 is 2.35 bits per heavy atom. The Balaban J connectivity index is 1.49. The third-order valence-corrected chi connectivity index (χ3v) is 4.64. The van der Waals surface area contributed by atoms with E-state index < -0.39 is 4.92 Å². The number of amides is 1. The van der Waals surface area contributed by atoms with Gasteiger partial charge in [0.05, 0.1) is 22.2 Å². The van der Waals surface area contributed by atoms with Crippen LogP contribution in [0.15, 0.2) is 48.5 Å². The Hall–Kier alpha value is -2.64. The first-order valence-electron chi connectivity index (χ1n) is 8.29. The summed E-state index contributed by atoms with van der Waals surface area (Å²) in [4.78, 5) is 26.8. The van der Waals surface area contributed by atoms with Crippen molar-refractivity contribution in [1.29, 1.82) is 0 Å². The molecule has 0 saturated carbocycles. The number of nitro benzene ring substituents is 1. The molecule has 0 spiro atoms. The van der Waals surface area contributed by atoms with E-state index >= 15 is 0 Å². The number of para-hydroxylation sites is 1. The van der Waals surface area contributed by atoms with Crippen molar-refractivity contribution in [2.45, 2.75) is 0 Å². The van der Waals surface area contributed by atoms with Crippen molar-refractivity contribution >= 4 is 34.6 Å². The van der Waals surface area contributed by atoms with Crippen molar-refractivity contribution < 1.29 is 9.72 Å². The van der Waals surface area contributed by atoms with E-state index in [9.17, 15) is 14.9 Å². The quantitative estimate of drug-likeness (QED) is 0.643. The monoisotopic (exact) mass is 374 g/mol. The van der Waals surface area contributed by atoms with Gasteiger partial charge < -0.3 is 10.2 Å². The standard InChI is InChI=1S/C18H19ClN4O3/c19-16-3-1-2-4-17(16)20-18(24)13-21-9-11-22(12-10-21)14-5-7-15(8-6-14)23(25)26/h1-8H,9-13H2,(H,20,24). The van der Waals surface area contributed by atoms with Crippen LogP contribution in [0.4, 0.5) is 17.1 Å². The van der Waals surface area contributed by atoms with E-state index in [-0.39, 0.29) is 11.6 Å². The molecule has 7 nitrogen and oxygen atoms in total. The highest BCUT2D eigenvalue weighted by molar-refractivity contribution is 6.33. The molecular weight excluding hydrogens is 356 g/mol. The van der Waals surface area contributed by atoms with Gasteiger partial charge in [-0.2, -0.15) is 0 Å². The van der Waals surface area contributed by atoms with Gasteiger partial charge in [0.25, 0.3) is 5.69 Å². The Kier molecular flexibility index (Phi) is 5.70. The number of anilines is 2. The molecule has 0 bridgehead atoms. The van der Waals surface area contributed by atoms with Gasteiger partial charge in [0.15, 0.2) is 0 Å². The maximum absolute atomic E-state index is 12.2. The lowest BCUT2D eigenvalue weighted by Gasteiger charge is -2.35. The zero-order valence-corrected chi connectivity index (χ0v) is 14.9. The van der Waals surface area contributed by atoms with Gasteiger partial charge in [-0.05, 0) is 24.3 Å². The second kappa shape index (κ2) is 8.16. The highest BCUT2D eigenvalue weighted by atomic mass is 35.5.